The maximum absolute atomic E-state index is 12.0. The minimum absolute atomic E-state index is 0.0568. The SMILES string of the molecule is CCN(CC(=O)Nc1ncccn1)C1CCCNC1. The third-order valence-corrected chi connectivity index (χ3v) is 3.36. The van der Waals surface area contributed by atoms with Crippen molar-refractivity contribution in [1.29, 1.82) is 0 Å². The van der Waals surface area contributed by atoms with Gasteiger partial charge in [0.1, 0.15) is 0 Å². The zero-order valence-electron chi connectivity index (χ0n) is 11.3. The lowest BCUT2D eigenvalue weighted by Crippen LogP contribution is -2.48. The minimum atomic E-state index is -0.0568. The summed E-state index contributed by atoms with van der Waals surface area (Å²) in [5, 5.41) is 6.10. The molecular formula is C13H21N5O. The summed E-state index contributed by atoms with van der Waals surface area (Å²) in [4.78, 5) is 22.2. The number of rotatable bonds is 5. The Kier molecular flexibility index (Phi) is 5.23. The molecule has 6 nitrogen and oxygen atoms in total. The van der Waals surface area contributed by atoms with Crippen LogP contribution in [-0.4, -0.2) is 53.0 Å². The number of hydrogen-bond acceptors (Lipinski definition) is 5. The van der Waals surface area contributed by atoms with Crippen LogP contribution in [0.3, 0.4) is 0 Å². The molecule has 0 radical (unpaired) electrons. The lowest BCUT2D eigenvalue weighted by atomic mass is 10.1. The van der Waals surface area contributed by atoms with Crippen molar-refractivity contribution in [3.05, 3.63) is 18.5 Å². The van der Waals surface area contributed by atoms with Gasteiger partial charge in [-0.25, -0.2) is 9.97 Å². The van der Waals surface area contributed by atoms with E-state index < -0.39 is 0 Å². The Hall–Kier alpha value is -1.53. The summed E-state index contributed by atoms with van der Waals surface area (Å²) in [5.41, 5.74) is 0. The lowest BCUT2D eigenvalue weighted by Gasteiger charge is -2.33. The Morgan fingerprint density at radius 2 is 2.32 bits per heavy atom. The molecule has 1 atom stereocenters. The molecule has 1 aliphatic rings. The second-order valence-corrected chi connectivity index (χ2v) is 4.68. The standard InChI is InChI=1S/C13H21N5O/c1-2-18(11-5-3-6-14-9-11)10-12(19)17-13-15-7-4-8-16-13/h4,7-8,11,14H,2-3,5-6,9-10H2,1H3,(H,15,16,17,19). The number of likely N-dealkylation sites (N-methyl/N-ethyl adjacent to an activating group) is 1. The van der Waals surface area contributed by atoms with Gasteiger partial charge in [-0.3, -0.25) is 15.0 Å². The molecule has 0 aliphatic carbocycles. The molecule has 1 saturated heterocycles. The number of nitrogens with one attached hydrogen (secondary N) is 2. The molecule has 19 heavy (non-hydrogen) atoms. The Balaban J connectivity index is 1.85. The molecule has 2 rings (SSSR count). The first kappa shape index (κ1) is 13.9. The second-order valence-electron chi connectivity index (χ2n) is 4.68. The van der Waals surface area contributed by atoms with Crippen molar-refractivity contribution < 1.29 is 4.79 Å². The number of anilines is 1. The molecular weight excluding hydrogens is 242 g/mol. The average Bonchev–Trinajstić information content (AvgIpc) is 2.47. The number of nitrogens with zero attached hydrogens (tertiary/aromatic N) is 3. The lowest BCUT2D eigenvalue weighted by molar-refractivity contribution is -0.118. The zero-order valence-corrected chi connectivity index (χ0v) is 11.3. The molecule has 0 aromatic carbocycles. The molecule has 2 N–H and O–H groups in total. The Bertz CT molecular complexity index is 391. The van der Waals surface area contributed by atoms with E-state index in [2.05, 4.69) is 32.4 Å². The fourth-order valence-electron chi connectivity index (χ4n) is 2.36. The van der Waals surface area contributed by atoms with E-state index in [1.807, 2.05) is 0 Å². The number of carbonyl (C=O) groups excluding carboxylic acids is 1. The van der Waals surface area contributed by atoms with Crippen LogP contribution in [-0.2, 0) is 4.79 Å². The Morgan fingerprint density at radius 3 is 2.95 bits per heavy atom. The van der Waals surface area contributed by atoms with Crippen LogP contribution in [0.5, 0.6) is 0 Å². The van der Waals surface area contributed by atoms with Crippen LogP contribution in [0.15, 0.2) is 18.5 Å². The van der Waals surface area contributed by atoms with Crippen molar-refractivity contribution in [2.45, 2.75) is 25.8 Å². The van der Waals surface area contributed by atoms with Gasteiger partial charge in [-0.15, -0.1) is 0 Å². The number of carbonyl (C=O) groups is 1. The highest BCUT2D eigenvalue weighted by Gasteiger charge is 2.21. The Morgan fingerprint density at radius 1 is 1.53 bits per heavy atom. The summed E-state index contributed by atoms with van der Waals surface area (Å²) >= 11 is 0. The van der Waals surface area contributed by atoms with E-state index in [0.717, 1.165) is 26.1 Å². The van der Waals surface area contributed by atoms with Gasteiger partial charge in [0.05, 0.1) is 6.54 Å². The van der Waals surface area contributed by atoms with Crippen molar-refractivity contribution >= 4 is 11.9 Å². The van der Waals surface area contributed by atoms with E-state index in [9.17, 15) is 4.79 Å². The summed E-state index contributed by atoms with van der Waals surface area (Å²) in [6, 6.07) is 2.17. The molecule has 1 aliphatic heterocycles. The van der Waals surface area contributed by atoms with Gasteiger partial charge in [0, 0.05) is 25.0 Å². The van der Waals surface area contributed by atoms with Crippen LogP contribution in [0, 0.1) is 0 Å². The molecule has 0 spiro atoms. The predicted molar refractivity (Wildman–Crippen MR) is 73.8 cm³/mol. The van der Waals surface area contributed by atoms with Gasteiger partial charge in [-0.2, -0.15) is 0 Å². The summed E-state index contributed by atoms with van der Waals surface area (Å²) in [6.07, 6.45) is 5.55. The average molecular weight is 263 g/mol. The number of amides is 1. The molecule has 104 valence electrons. The van der Waals surface area contributed by atoms with E-state index in [4.69, 9.17) is 0 Å². The normalized spacial score (nSPS) is 19.4. The van der Waals surface area contributed by atoms with Gasteiger partial charge >= 0.3 is 0 Å². The number of piperidine rings is 1. The van der Waals surface area contributed by atoms with Gasteiger partial charge in [0.15, 0.2) is 0 Å². The van der Waals surface area contributed by atoms with Crippen molar-refractivity contribution in [2.75, 3.05) is 31.5 Å². The largest absolute Gasteiger partial charge is 0.315 e. The monoisotopic (exact) mass is 263 g/mol. The highest BCUT2D eigenvalue weighted by Crippen LogP contribution is 2.10. The fraction of sp³-hybridized carbons (Fsp3) is 0.615. The molecule has 6 heteroatoms. The van der Waals surface area contributed by atoms with Crippen molar-refractivity contribution in [3.8, 4) is 0 Å². The summed E-state index contributed by atoms with van der Waals surface area (Å²) in [5.74, 6) is 0.309. The maximum atomic E-state index is 12.0. The summed E-state index contributed by atoms with van der Waals surface area (Å²) in [6.45, 7) is 5.39. The van der Waals surface area contributed by atoms with Crippen LogP contribution >= 0.6 is 0 Å². The van der Waals surface area contributed by atoms with Crippen LogP contribution in [0.2, 0.25) is 0 Å². The molecule has 1 aromatic heterocycles. The zero-order chi connectivity index (χ0) is 13.5. The van der Waals surface area contributed by atoms with E-state index in [1.54, 1.807) is 18.5 Å². The topological polar surface area (TPSA) is 70.2 Å². The number of hydrogen-bond donors (Lipinski definition) is 2. The minimum Gasteiger partial charge on any atom is -0.315 e. The first-order valence-corrected chi connectivity index (χ1v) is 6.81. The summed E-state index contributed by atoms with van der Waals surface area (Å²) in [7, 11) is 0. The van der Waals surface area contributed by atoms with Gasteiger partial charge < -0.3 is 5.32 Å². The highest BCUT2D eigenvalue weighted by molar-refractivity contribution is 5.90. The third-order valence-electron chi connectivity index (χ3n) is 3.36. The van der Waals surface area contributed by atoms with Crippen molar-refractivity contribution in [2.24, 2.45) is 0 Å². The van der Waals surface area contributed by atoms with Crippen LogP contribution < -0.4 is 10.6 Å². The molecule has 1 aromatic rings. The predicted octanol–water partition coefficient (Wildman–Crippen LogP) is 0.489. The van der Waals surface area contributed by atoms with E-state index in [0.29, 0.717) is 18.5 Å². The maximum Gasteiger partial charge on any atom is 0.240 e. The van der Waals surface area contributed by atoms with E-state index in [1.165, 1.54) is 6.42 Å². The first-order valence-electron chi connectivity index (χ1n) is 6.81. The van der Waals surface area contributed by atoms with Gasteiger partial charge in [-0.1, -0.05) is 6.92 Å². The quantitative estimate of drug-likeness (QED) is 0.809. The molecule has 2 heterocycles. The molecule has 1 amide bonds. The van der Waals surface area contributed by atoms with Crippen molar-refractivity contribution in [1.82, 2.24) is 20.2 Å². The third kappa shape index (κ3) is 4.25. The molecule has 0 saturated carbocycles. The summed E-state index contributed by atoms with van der Waals surface area (Å²) < 4.78 is 0. The van der Waals surface area contributed by atoms with Crippen LogP contribution in [0.25, 0.3) is 0 Å². The first-order chi connectivity index (χ1) is 9.29. The molecule has 1 unspecified atom stereocenters. The van der Waals surface area contributed by atoms with E-state index >= 15 is 0 Å². The smallest absolute Gasteiger partial charge is 0.240 e. The number of aromatic nitrogens is 2. The second kappa shape index (κ2) is 7.16. The van der Waals surface area contributed by atoms with Gasteiger partial charge in [0.25, 0.3) is 0 Å². The van der Waals surface area contributed by atoms with Gasteiger partial charge in [-0.05, 0) is 32.0 Å². The van der Waals surface area contributed by atoms with Gasteiger partial charge in [0.2, 0.25) is 11.9 Å². The van der Waals surface area contributed by atoms with E-state index in [-0.39, 0.29) is 5.91 Å². The molecule has 0 bridgehead atoms. The molecule has 1 fully saturated rings. The highest BCUT2D eigenvalue weighted by atomic mass is 16.2. The van der Waals surface area contributed by atoms with Crippen LogP contribution in [0.1, 0.15) is 19.8 Å². The Labute approximate surface area is 113 Å². The fourth-order valence-corrected chi connectivity index (χ4v) is 2.36. The van der Waals surface area contributed by atoms with Crippen molar-refractivity contribution in [3.63, 3.8) is 0 Å². The van der Waals surface area contributed by atoms with Crippen LogP contribution in [0.4, 0.5) is 5.95 Å².